The highest BCUT2D eigenvalue weighted by Crippen LogP contribution is 2.33. The van der Waals surface area contributed by atoms with Gasteiger partial charge >= 0.3 is 0 Å². The summed E-state index contributed by atoms with van der Waals surface area (Å²) in [6, 6.07) is 14.0. The van der Waals surface area contributed by atoms with Crippen LogP contribution in [-0.2, 0) is 11.4 Å². The van der Waals surface area contributed by atoms with E-state index in [1.165, 1.54) is 0 Å². The Kier molecular flexibility index (Phi) is 5.82. The second-order valence-corrected chi connectivity index (χ2v) is 8.43. The molecule has 2 N–H and O–H groups in total. The maximum Gasteiger partial charge on any atom is 0.264 e. The molecule has 0 unspecified atom stereocenters. The molecule has 0 radical (unpaired) electrons. The van der Waals surface area contributed by atoms with Crippen molar-refractivity contribution in [3.63, 3.8) is 0 Å². The zero-order valence-corrected chi connectivity index (χ0v) is 17.4. The van der Waals surface area contributed by atoms with Gasteiger partial charge in [-0.25, -0.2) is 0 Å². The van der Waals surface area contributed by atoms with Crippen LogP contribution < -0.4 is 10.1 Å². The Balaban J connectivity index is 1.92. The van der Waals surface area contributed by atoms with Crippen LogP contribution in [0.5, 0.6) is 5.75 Å². The Morgan fingerprint density at radius 3 is 2.62 bits per heavy atom. The second kappa shape index (κ2) is 7.87. The number of carbonyl (C=O) groups is 1. The zero-order valence-electron chi connectivity index (χ0n) is 12.3. The van der Waals surface area contributed by atoms with E-state index in [2.05, 4.69) is 50.5 Å². The summed E-state index contributed by atoms with van der Waals surface area (Å²) in [4.78, 5) is 12.4. The van der Waals surface area contributed by atoms with Crippen LogP contribution in [0.3, 0.4) is 0 Å². The van der Waals surface area contributed by atoms with E-state index in [-0.39, 0.29) is 11.1 Å². The summed E-state index contributed by atoms with van der Waals surface area (Å²) in [6.45, 7) is 0.461. The largest absolute Gasteiger partial charge is 0.487 e. The molecule has 0 atom stereocenters. The van der Waals surface area contributed by atoms with E-state index in [0.717, 1.165) is 35.8 Å². The van der Waals surface area contributed by atoms with Gasteiger partial charge in [0.05, 0.1) is 8.48 Å². The molecule has 1 aliphatic rings. The van der Waals surface area contributed by atoms with Gasteiger partial charge in [-0.05, 0) is 80.7 Å². The highest BCUT2D eigenvalue weighted by atomic mass is 127. The van der Waals surface area contributed by atoms with Crippen LogP contribution in [0.15, 0.2) is 47.4 Å². The summed E-state index contributed by atoms with van der Waals surface area (Å²) in [5.41, 5.74) is 1.93. The normalized spacial score (nSPS) is 15.7. The van der Waals surface area contributed by atoms with Crippen LogP contribution in [-0.4, -0.2) is 11.1 Å². The molecule has 1 heterocycles. The summed E-state index contributed by atoms with van der Waals surface area (Å²) in [7, 11) is 0. The second-order valence-electron chi connectivity index (χ2n) is 4.97. The Hall–Kier alpha value is -1.07. The van der Waals surface area contributed by atoms with Crippen molar-refractivity contribution in [2.24, 2.45) is 0 Å². The predicted octanol–water partition coefficient (Wildman–Crippen LogP) is 4.61. The van der Waals surface area contributed by atoms with Crippen LogP contribution >= 0.6 is 56.9 Å². The van der Waals surface area contributed by atoms with Gasteiger partial charge in [0, 0.05) is 9.13 Å². The first kappa shape index (κ1) is 17.7. The summed E-state index contributed by atoms with van der Waals surface area (Å²) < 4.78 is 8.08. The first-order chi connectivity index (χ1) is 11.5. The third-order valence-electron chi connectivity index (χ3n) is 3.21. The van der Waals surface area contributed by atoms with Gasteiger partial charge in [0.2, 0.25) is 0 Å². The van der Waals surface area contributed by atoms with Crippen LogP contribution in [0, 0.1) is 12.5 Å². The molecule has 1 aliphatic heterocycles. The van der Waals surface area contributed by atoms with Crippen molar-refractivity contribution in [3.05, 3.63) is 65.6 Å². The average molecular weight is 562 g/mol. The Labute approximate surface area is 171 Å². The Bertz CT molecular complexity index is 838. The van der Waals surface area contributed by atoms with Gasteiger partial charge < -0.3 is 10.1 Å². The van der Waals surface area contributed by atoms with E-state index in [1.807, 2.05) is 42.5 Å². The molecule has 0 bridgehead atoms. The van der Waals surface area contributed by atoms with Crippen LogP contribution in [0.4, 0.5) is 0 Å². The topological polar surface area (TPSA) is 62.2 Å². The minimum absolute atomic E-state index is 0.151. The van der Waals surface area contributed by atoms with Gasteiger partial charge in [0.25, 0.3) is 5.91 Å². The number of benzene rings is 2. The molecule has 2 aromatic rings. The van der Waals surface area contributed by atoms with Crippen molar-refractivity contribution in [3.8, 4) is 5.75 Å². The van der Waals surface area contributed by atoms with E-state index in [1.54, 1.807) is 6.08 Å². The van der Waals surface area contributed by atoms with E-state index < -0.39 is 0 Å². The van der Waals surface area contributed by atoms with Crippen molar-refractivity contribution in [1.82, 2.24) is 5.32 Å². The monoisotopic (exact) mass is 562 g/mol. The maximum atomic E-state index is 11.9. The number of amides is 1. The fraction of sp³-hybridized carbons (Fsp3) is 0.0588. The minimum atomic E-state index is -0.243. The first-order valence-corrected chi connectivity index (χ1v) is 9.95. The molecule has 3 rings (SSSR count). The van der Waals surface area contributed by atoms with E-state index in [4.69, 9.17) is 10.1 Å². The molecule has 0 saturated carbocycles. The average Bonchev–Trinajstić information content (AvgIpc) is 2.85. The van der Waals surface area contributed by atoms with Crippen LogP contribution in [0.25, 0.3) is 6.08 Å². The molecular formula is C17H12I2N2O2S. The van der Waals surface area contributed by atoms with Gasteiger partial charge in [-0.1, -0.05) is 30.3 Å². The molecule has 7 heteroatoms. The summed E-state index contributed by atoms with van der Waals surface area (Å²) in [5.74, 6) is 0.507. The highest BCUT2D eigenvalue weighted by molar-refractivity contribution is 14.1. The number of nitrogens with one attached hydrogen (secondary N) is 2. The summed E-state index contributed by atoms with van der Waals surface area (Å²) in [6.07, 6.45) is 1.78. The van der Waals surface area contributed by atoms with E-state index in [9.17, 15) is 4.79 Å². The quantitative estimate of drug-likeness (QED) is 0.423. The standard InChI is InChI=1S/C17H12I2N2O2S/c18-12-6-11(7-14-16(22)21-17(20)24-14)15(13(19)8-12)23-9-10-4-2-1-3-5-10/h1-8H,9H2,(H2,20,21,22). The van der Waals surface area contributed by atoms with E-state index in [0.29, 0.717) is 11.5 Å². The third-order valence-corrected chi connectivity index (χ3v) is 5.47. The SMILES string of the molecule is N=C1NC(=O)C(=Cc2cc(I)cc(I)c2OCc2ccccc2)S1. The number of ether oxygens (including phenoxy) is 1. The molecule has 2 aromatic carbocycles. The zero-order chi connectivity index (χ0) is 17.1. The lowest BCUT2D eigenvalue weighted by atomic mass is 10.2. The number of rotatable bonds is 4. The van der Waals surface area contributed by atoms with Crippen molar-refractivity contribution in [2.45, 2.75) is 6.61 Å². The van der Waals surface area contributed by atoms with Crippen molar-refractivity contribution >= 4 is 74.1 Å². The summed E-state index contributed by atoms with van der Waals surface area (Å²) >= 11 is 5.61. The molecule has 24 heavy (non-hydrogen) atoms. The van der Waals surface area contributed by atoms with Crippen molar-refractivity contribution < 1.29 is 9.53 Å². The van der Waals surface area contributed by atoms with Gasteiger partial charge in [0.1, 0.15) is 12.4 Å². The van der Waals surface area contributed by atoms with Gasteiger partial charge in [-0.3, -0.25) is 10.2 Å². The Morgan fingerprint density at radius 2 is 1.96 bits per heavy atom. The summed E-state index contributed by atoms with van der Waals surface area (Å²) in [5, 5.41) is 10.2. The van der Waals surface area contributed by atoms with Crippen LogP contribution in [0.2, 0.25) is 0 Å². The van der Waals surface area contributed by atoms with Gasteiger partial charge in [0.15, 0.2) is 5.17 Å². The lowest BCUT2D eigenvalue weighted by Gasteiger charge is -2.12. The molecular weight excluding hydrogens is 550 g/mol. The minimum Gasteiger partial charge on any atom is -0.487 e. The number of thioether (sulfide) groups is 1. The third kappa shape index (κ3) is 4.31. The van der Waals surface area contributed by atoms with Gasteiger partial charge in [-0.2, -0.15) is 0 Å². The number of carbonyl (C=O) groups excluding carboxylic acids is 1. The Morgan fingerprint density at radius 1 is 1.21 bits per heavy atom. The maximum absolute atomic E-state index is 11.9. The molecule has 0 spiro atoms. The number of hydrogen-bond acceptors (Lipinski definition) is 4. The molecule has 0 aromatic heterocycles. The highest BCUT2D eigenvalue weighted by Gasteiger charge is 2.23. The van der Waals surface area contributed by atoms with E-state index >= 15 is 0 Å². The van der Waals surface area contributed by atoms with Crippen molar-refractivity contribution in [1.29, 1.82) is 5.41 Å². The smallest absolute Gasteiger partial charge is 0.264 e. The molecule has 0 aliphatic carbocycles. The number of hydrogen-bond donors (Lipinski definition) is 2. The molecule has 1 amide bonds. The number of halogens is 2. The van der Waals surface area contributed by atoms with Crippen molar-refractivity contribution in [2.75, 3.05) is 0 Å². The molecule has 122 valence electrons. The lowest BCUT2D eigenvalue weighted by molar-refractivity contribution is -0.115. The number of amidine groups is 1. The van der Waals surface area contributed by atoms with Crippen LogP contribution in [0.1, 0.15) is 11.1 Å². The first-order valence-electron chi connectivity index (χ1n) is 6.98. The predicted molar refractivity (Wildman–Crippen MR) is 114 cm³/mol. The van der Waals surface area contributed by atoms with Gasteiger partial charge in [-0.15, -0.1) is 0 Å². The lowest BCUT2D eigenvalue weighted by Crippen LogP contribution is -2.18. The fourth-order valence-electron chi connectivity index (χ4n) is 2.15. The molecule has 1 saturated heterocycles. The molecule has 4 nitrogen and oxygen atoms in total. The fourth-order valence-corrected chi connectivity index (χ4v) is 4.89. The molecule has 1 fully saturated rings.